The standard InChI is InChI=1S/C25H38O3/c1-2-3-4-5-6-7-8-9-10-11-20-27-24-17-14-22(15-18-24)16-19-25(26)28-21-23-12-13-23/h14-19,23H,2-13,20-21H2,1H3. The number of ether oxygens (including phenoxy) is 2. The molecule has 1 saturated carbocycles. The second-order valence-corrected chi connectivity index (χ2v) is 8.01. The van der Waals surface area contributed by atoms with Crippen LogP contribution in [0.25, 0.3) is 6.08 Å². The van der Waals surface area contributed by atoms with Crippen molar-refractivity contribution in [2.75, 3.05) is 13.2 Å². The predicted molar refractivity (Wildman–Crippen MR) is 116 cm³/mol. The predicted octanol–water partition coefficient (Wildman–Crippen LogP) is 6.95. The summed E-state index contributed by atoms with van der Waals surface area (Å²) in [5.41, 5.74) is 0.981. The van der Waals surface area contributed by atoms with Gasteiger partial charge in [0.05, 0.1) is 13.2 Å². The van der Waals surface area contributed by atoms with E-state index in [0.717, 1.165) is 24.3 Å². The SMILES string of the molecule is CCCCCCCCCCCCOc1ccc(C=CC(=O)OCC2CC2)cc1. The Kier molecular flexibility index (Phi) is 11.5. The number of unbranched alkanes of at least 4 members (excludes halogenated alkanes) is 9. The molecule has 156 valence electrons. The highest BCUT2D eigenvalue weighted by Gasteiger charge is 2.22. The molecular formula is C25H38O3. The number of carbonyl (C=O) groups is 1. The molecular weight excluding hydrogens is 348 g/mol. The Bertz CT molecular complexity index is 558. The Hall–Kier alpha value is -1.77. The third-order valence-corrected chi connectivity index (χ3v) is 5.22. The van der Waals surface area contributed by atoms with Gasteiger partial charge in [-0.2, -0.15) is 0 Å². The van der Waals surface area contributed by atoms with Crippen molar-refractivity contribution < 1.29 is 14.3 Å². The van der Waals surface area contributed by atoms with Crippen LogP contribution in [0.5, 0.6) is 5.75 Å². The van der Waals surface area contributed by atoms with Crippen LogP contribution in [0.15, 0.2) is 30.3 Å². The van der Waals surface area contributed by atoms with E-state index in [1.807, 2.05) is 24.3 Å². The minimum Gasteiger partial charge on any atom is -0.494 e. The summed E-state index contributed by atoms with van der Waals surface area (Å²) in [4.78, 5) is 11.6. The maximum Gasteiger partial charge on any atom is 0.330 e. The largest absolute Gasteiger partial charge is 0.494 e. The van der Waals surface area contributed by atoms with Crippen molar-refractivity contribution in [3.05, 3.63) is 35.9 Å². The molecule has 28 heavy (non-hydrogen) atoms. The van der Waals surface area contributed by atoms with Gasteiger partial charge in [0, 0.05) is 6.08 Å². The van der Waals surface area contributed by atoms with Gasteiger partial charge in [0.1, 0.15) is 5.75 Å². The van der Waals surface area contributed by atoms with E-state index < -0.39 is 0 Å². The molecule has 0 aromatic heterocycles. The quantitative estimate of drug-likeness (QED) is 0.175. The first-order valence-electron chi connectivity index (χ1n) is 11.4. The Morgan fingerprint density at radius 3 is 2.14 bits per heavy atom. The molecule has 1 fully saturated rings. The van der Waals surface area contributed by atoms with Gasteiger partial charge in [0.2, 0.25) is 0 Å². The lowest BCUT2D eigenvalue weighted by molar-refractivity contribution is -0.138. The van der Waals surface area contributed by atoms with Crippen LogP contribution in [0, 0.1) is 5.92 Å². The maximum atomic E-state index is 11.6. The monoisotopic (exact) mass is 386 g/mol. The third kappa shape index (κ3) is 11.2. The van der Waals surface area contributed by atoms with Crippen LogP contribution >= 0.6 is 0 Å². The van der Waals surface area contributed by atoms with Gasteiger partial charge >= 0.3 is 5.97 Å². The molecule has 0 amide bonds. The first kappa shape index (κ1) is 22.5. The maximum absolute atomic E-state index is 11.6. The van der Waals surface area contributed by atoms with Crippen molar-refractivity contribution in [2.24, 2.45) is 5.92 Å². The number of esters is 1. The zero-order chi connectivity index (χ0) is 19.9. The highest BCUT2D eigenvalue weighted by atomic mass is 16.5. The molecule has 0 radical (unpaired) electrons. The van der Waals surface area contributed by atoms with Gasteiger partial charge in [-0.15, -0.1) is 0 Å². The molecule has 1 aromatic carbocycles. The van der Waals surface area contributed by atoms with E-state index in [0.29, 0.717) is 12.5 Å². The summed E-state index contributed by atoms with van der Waals surface area (Å²) in [6.45, 7) is 3.61. The van der Waals surface area contributed by atoms with E-state index in [2.05, 4.69) is 6.92 Å². The lowest BCUT2D eigenvalue weighted by Gasteiger charge is -2.06. The molecule has 1 aliphatic carbocycles. The van der Waals surface area contributed by atoms with Gasteiger partial charge in [0.15, 0.2) is 0 Å². The molecule has 3 nitrogen and oxygen atoms in total. The average molecular weight is 387 g/mol. The van der Waals surface area contributed by atoms with Gasteiger partial charge in [-0.25, -0.2) is 4.79 Å². The Labute approximate surface area is 171 Å². The fourth-order valence-corrected chi connectivity index (χ4v) is 3.15. The van der Waals surface area contributed by atoms with E-state index in [1.54, 1.807) is 6.08 Å². The molecule has 1 aliphatic rings. The van der Waals surface area contributed by atoms with Crippen molar-refractivity contribution in [1.82, 2.24) is 0 Å². The topological polar surface area (TPSA) is 35.5 Å². The second-order valence-electron chi connectivity index (χ2n) is 8.01. The van der Waals surface area contributed by atoms with Gasteiger partial charge in [-0.3, -0.25) is 0 Å². The first-order valence-corrected chi connectivity index (χ1v) is 11.4. The smallest absolute Gasteiger partial charge is 0.330 e. The second kappa shape index (κ2) is 14.3. The van der Waals surface area contributed by atoms with Gasteiger partial charge in [-0.05, 0) is 49.0 Å². The molecule has 0 unspecified atom stereocenters. The van der Waals surface area contributed by atoms with Crippen LogP contribution in [0.2, 0.25) is 0 Å². The lowest BCUT2D eigenvalue weighted by Crippen LogP contribution is -2.03. The fourth-order valence-electron chi connectivity index (χ4n) is 3.15. The number of hydrogen-bond acceptors (Lipinski definition) is 3. The first-order chi connectivity index (χ1) is 13.8. The third-order valence-electron chi connectivity index (χ3n) is 5.22. The van der Waals surface area contributed by atoms with Crippen LogP contribution < -0.4 is 4.74 Å². The summed E-state index contributed by atoms with van der Waals surface area (Å²) in [6, 6.07) is 7.87. The average Bonchev–Trinajstić information content (AvgIpc) is 3.54. The van der Waals surface area contributed by atoms with Crippen molar-refractivity contribution in [3.63, 3.8) is 0 Å². The minimum atomic E-state index is -0.256. The Morgan fingerprint density at radius 2 is 1.54 bits per heavy atom. The number of hydrogen-bond donors (Lipinski definition) is 0. The highest BCUT2D eigenvalue weighted by molar-refractivity contribution is 5.87. The van der Waals surface area contributed by atoms with Crippen molar-refractivity contribution in [1.29, 1.82) is 0 Å². The molecule has 0 atom stereocenters. The van der Waals surface area contributed by atoms with Crippen molar-refractivity contribution in [3.8, 4) is 5.75 Å². The molecule has 1 aromatic rings. The van der Waals surface area contributed by atoms with Crippen LogP contribution in [-0.2, 0) is 9.53 Å². The van der Waals surface area contributed by atoms with E-state index in [4.69, 9.17) is 9.47 Å². The van der Waals surface area contributed by atoms with Gasteiger partial charge < -0.3 is 9.47 Å². The molecule has 3 heteroatoms. The molecule has 0 bridgehead atoms. The number of benzene rings is 1. The lowest BCUT2D eigenvalue weighted by atomic mass is 10.1. The molecule has 2 rings (SSSR count). The Balaban J connectivity index is 1.47. The Morgan fingerprint density at radius 1 is 0.929 bits per heavy atom. The fraction of sp³-hybridized carbons (Fsp3) is 0.640. The van der Waals surface area contributed by atoms with Crippen LogP contribution in [-0.4, -0.2) is 19.2 Å². The molecule has 0 saturated heterocycles. The number of carbonyl (C=O) groups excluding carboxylic acids is 1. The summed E-state index contributed by atoms with van der Waals surface area (Å²) in [5, 5.41) is 0. The van der Waals surface area contributed by atoms with Gasteiger partial charge in [-0.1, -0.05) is 76.8 Å². The summed E-state index contributed by atoms with van der Waals surface area (Å²) in [5.74, 6) is 1.24. The van der Waals surface area contributed by atoms with E-state index in [1.165, 1.54) is 76.7 Å². The zero-order valence-electron chi connectivity index (χ0n) is 17.7. The van der Waals surface area contributed by atoms with Crippen molar-refractivity contribution in [2.45, 2.75) is 84.0 Å². The molecule has 0 heterocycles. The van der Waals surface area contributed by atoms with Crippen LogP contribution in [0.1, 0.15) is 89.5 Å². The van der Waals surface area contributed by atoms with Crippen molar-refractivity contribution >= 4 is 12.0 Å². The number of rotatable bonds is 16. The molecule has 0 spiro atoms. The van der Waals surface area contributed by atoms with Gasteiger partial charge in [0.25, 0.3) is 0 Å². The summed E-state index contributed by atoms with van der Waals surface area (Å²) < 4.78 is 11.0. The van der Waals surface area contributed by atoms with Crippen LogP contribution in [0.3, 0.4) is 0 Å². The zero-order valence-corrected chi connectivity index (χ0v) is 17.7. The normalized spacial score (nSPS) is 13.8. The van der Waals surface area contributed by atoms with E-state index >= 15 is 0 Å². The van der Waals surface area contributed by atoms with E-state index in [9.17, 15) is 4.79 Å². The van der Waals surface area contributed by atoms with Crippen LogP contribution in [0.4, 0.5) is 0 Å². The minimum absolute atomic E-state index is 0.256. The van der Waals surface area contributed by atoms with E-state index in [-0.39, 0.29) is 5.97 Å². The highest BCUT2D eigenvalue weighted by Crippen LogP contribution is 2.28. The summed E-state index contributed by atoms with van der Waals surface area (Å²) >= 11 is 0. The summed E-state index contributed by atoms with van der Waals surface area (Å²) in [7, 11) is 0. The summed E-state index contributed by atoms with van der Waals surface area (Å²) in [6.07, 6.45) is 19.0. The molecule has 0 aliphatic heterocycles. The molecule has 0 N–H and O–H groups in total.